The van der Waals surface area contributed by atoms with Gasteiger partial charge < -0.3 is 15.0 Å². The molecule has 0 fully saturated rings. The molecular formula is C31H36ClFN4O7S. The summed E-state index contributed by atoms with van der Waals surface area (Å²) in [5, 5.41) is 14.6. The van der Waals surface area contributed by atoms with E-state index in [1.807, 2.05) is 13.8 Å². The molecule has 14 heteroatoms. The number of nitro benzene ring substituents is 1. The second kappa shape index (κ2) is 15.2. The molecule has 0 aliphatic carbocycles. The van der Waals surface area contributed by atoms with Crippen LogP contribution in [0.25, 0.3) is 0 Å². The monoisotopic (exact) mass is 662 g/mol. The van der Waals surface area contributed by atoms with E-state index in [4.69, 9.17) is 16.3 Å². The molecular weight excluding hydrogens is 627 g/mol. The summed E-state index contributed by atoms with van der Waals surface area (Å²) in [6.45, 7) is 6.40. The zero-order chi connectivity index (χ0) is 33.5. The van der Waals surface area contributed by atoms with Crippen molar-refractivity contribution in [2.45, 2.75) is 51.6 Å². The molecule has 0 bridgehead atoms. The van der Waals surface area contributed by atoms with Crippen LogP contribution in [0.5, 0.6) is 5.75 Å². The van der Waals surface area contributed by atoms with E-state index in [9.17, 15) is 32.5 Å². The Kier molecular flexibility index (Phi) is 11.9. The number of sulfonamides is 1. The van der Waals surface area contributed by atoms with Gasteiger partial charge in [0.2, 0.25) is 11.8 Å². The van der Waals surface area contributed by atoms with Crippen LogP contribution in [0.1, 0.15) is 38.3 Å². The van der Waals surface area contributed by atoms with Crippen molar-refractivity contribution in [3.05, 3.63) is 92.7 Å². The van der Waals surface area contributed by atoms with Crippen molar-refractivity contribution in [2.75, 3.05) is 24.5 Å². The van der Waals surface area contributed by atoms with Crippen LogP contribution >= 0.6 is 11.6 Å². The lowest BCUT2D eigenvalue weighted by atomic mass is 10.1. The van der Waals surface area contributed by atoms with E-state index in [-0.39, 0.29) is 40.9 Å². The van der Waals surface area contributed by atoms with Crippen molar-refractivity contribution in [3.8, 4) is 5.75 Å². The number of hydrogen-bond acceptors (Lipinski definition) is 7. The molecule has 3 aromatic rings. The van der Waals surface area contributed by atoms with E-state index >= 15 is 0 Å². The number of nitrogens with one attached hydrogen (secondary N) is 1. The number of nitrogens with zero attached hydrogens (tertiary/aromatic N) is 3. The van der Waals surface area contributed by atoms with Crippen LogP contribution < -0.4 is 14.4 Å². The second-order valence-corrected chi connectivity index (χ2v) is 13.0. The van der Waals surface area contributed by atoms with Gasteiger partial charge in [0, 0.05) is 29.7 Å². The standard InChI is InChI=1S/C31H36ClFN4O7S/c1-6-26(31(39)34-17-20(2)3)35(18-22-8-11-24(33)12-9-22)30(38)19-36(28-15-23(32)10-14-29(28)44-5)45(42,43)25-13-7-21(4)27(16-25)37(40)41/h7-16,20,26H,6,17-19H2,1-5H3,(H,34,39). The first-order chi connectivity index (χ1) is 21.2. The van der Waals surface area contributed by atoms with Gasteiger partial charge in [-0.15, -0.1) is 0 Å². The Hall–Kier alpha value is -4.23. The second-order valence-electron chi connectivity index (χ2n) is 10.7. The summed E-state index contributed by atoms with van der Waals surface area (Å²) in [5.41, 5.74) is 0.223. The van der Waals surface area contributed by atoms with Gasteiger partial charge in [-0.25, -0.2) is 12.8 Å². The highest BCUT2D eigenvalue weighted by Gasteiger charge is 2.35. The number of benzene rings is 3. The number of methoxy groups -OCH3 is 1. The number of carbonyl (C=O) groups is 2. The summed E-state index contributed by atoms with van der Waals surface area (Å²) >= 11 is 6.25. The van der Waals surface area contributed by atoms with Gasteiger partial charge in [0.25, 0.3) is 15.7 Å². The van der Waals surface area contributed by atoms with Crippen molar-refractivity contribution in [2.24, 2.45) is 5.92 Å². The average molecular weight is 663 g/mol. The van der Waals surface area contributed by atoms with Crippen LogP contribution in [-0.4, -0.2) is 56.3 Å². The Morgan fingerprint density at radius 2 is 1.76 bits per heavy atom. The summed E-state index contributed by atoms with van der Waals surface area (Å²) in [6.07, 6.45) is 0.189. The zero-order valence-corrected chi connectivity index (χ0v) is 27.2. The minimum absolute atomic E-state index is 0.0594. The molecule has 45 heavy (non-hydrogen) atoms. The van der Waals surface area contributed by atoms with Gasteiger partial charge in [0.1, 0.15) is 24.2 Å². The van der Waals surface area contributed by atoms with E-state index < -0.39 is 55.7 Å². The molecule has 11 nitrogen and oxygen atoms in total. The number of nitro groups is 1. The first-order valence-electron chi connectivity index (χ1n) is 14.1. The lowest BCUT2D eigenvalue weighted by molar-refractivity contribution is -0.385. The predicted molar refractivity (Wildman–Crippen MR) is 169 cm³/mol. The molecule has 0 aromatic heterocycles. The van der Waals surface area contributed by atoms with Gasteiger partial charge >= 0.3 is 0 Å². The van der Waals surface area contributed by atoms with E-state index in [1.54, 1.807) is 6.92 Å². The highest BCUT2D eigenvalue weighted by atomic mass is 35.5. The summed E-state index contributed by atoms with van der Waals surface area (Å²) in [7, 11) is -3.36. The third kappa shape index (κ3) is 8.70. The van der Waals surface area contributed by atoms with Crippen LogP contribution in [0.3, 0.4) is 0 Å². The SMILES string of the molecule is CCC(C(=O)NCC(C)C)N(Cc1ccc(F)cc1)C(=O)CN(c1cc(Cl)ccc1OC)S(=O)(=O)c1ccc(C)c([N+](=O)[O-])c1. The summed E-state index contributed by atoms with van der Waals surface area (Å²) in [4.78, 5) is 39.3. The minimum atomic E-state index is -4.66. The Morgan fingerprint density at radius 1 is 1.09 bits per heavy atom. The molecule has 0 saturated heterocycles. The molecule has 3 rings (SSSR count). The van der Waals surface area contributed by atoms with Crippen molar-refractivity contribution >= 4 is 44.8 Å². The van der Waals surface area contributed by atoms with Crippen LogP contribution in [-0.2, 0) is 26.2 Å². The number of anilines is 1. The fraction of sp³-hybridized carbons (Fsp3) is 0.355. The number of carbonyl (C=O) groups excluding carboxylic acids is 2. The number of hydrogen-bond donors (Lipinski definition) is 1. The summed E-state index contributed by atoms with van der Waals surface area (Å²) < 4.78 is 48.3. The molecule has 0 aliphatic rings. The molecule has 0 radical (unpaired) electrons. The molecule has 0 saturated carbocycles. The predicted octanol–water partition coefficient (Wildman–Crippen LogP) is 5.48. The Bertz CT molecular complexity index is 1650. The van der Waals surface area contributed by atoms with E-state index in [0.29, 0.717) is 12.1 Å². The van der Waals surface area contributed by atoms with Gasteiger partial charge in [0.15, 0.2) is 0 Å². The van der Waals surface area contributed by atoms with Crippen LogP contribution in [0.4, 0.5) is 15.8 Å². The van der Waals surface area contributed by atoms with E-state index in [0.717, 1.165) is 10.4 Å². The molecule has 0 spiro atoms. The van der Waals surface area contributed by atoms with Gasteiger partial charge in [-0.3, -0.25) is 24.0 Å². The first-order valence-corrected chi connectivity index (χ1v) is 15.9. The Morgan fingerprint density at radius 3 is 2.33 bits per heavy atom. The average Bonchev–Trinajstić information content (AvgIpc) is 2.99. The van der Waals surface area contributed by atoms with E-state index in [2.05, 4.69) is 5.32 Å². The normalized spacial score (nSPS) is 12.0. The van der Waals surface area contributed by atoms with Gasteiger partial charge in [-0.1, -0.05) is 50.6 Å². The molecule has 2 amide bonds. The zero-order valence-electron chi connectivity index (χ0n) is 25.6. The maximum Gasteiger partial charge on any atom is 0.273 e. The lowest BCUT2D eigenvalue weighted by Gasteiger charge is -2.33. The number of aryl methyl sites for hydroxylation is 1. The summed E-state index contributed by atoms with van der Waals surface area (Å²) in [5.74, 6) is -1.51. The third-order valence-electron chi connectivity index (χ3n) is 6.99. The molecule has 0 heterocycles. The van der Waals surface area contributed by atoms with Gasteiger partial charge in [0.05, 0.1) is 22.6 Å². The van der Waals surface area contributed by atoms with Crippen LogP contribution in [0.15, 0.2) is 65.6 Å². The van der Waals surface area contributed by atoms with Gasteiger partial charge in [-0.2, -0.15) is 0 Å². The largest absolute Gasteiger partial charge is 0.495 e. The Balaban J connectivity index is 2.17. The lowest BCUT2D eigenvalue weighted by Crippen LogP contribution is -2.52. The smallest absolute Gasteiger partial charge is 0.273 e. The van der Waals surface area contributed by atoms with Gasteiger partial charge in [-0.05, 0) is 61.2 Å². The highest BCUT2D eigenvalue weighted by Crippen LogP contribution is 2.36. The minimum Gasteiger partial charge on any atom is -0.495 e. The highest BCUT2D eigenvalue weighted by molar-refractivity contribution is 7.92. The quantitative estimate of drug-likeness (QED) is 0.178. The number of amides is 2. The Labute approximate surface area is 267 Å². The molecule has 1 unspecified atom stereocenters. The van der Waals surface area contributed by atoms with Crippen LogP contribution in [0, 0.1) is 28.8 Å². The topological polar surface area (TPSA) is 139 Å². The number of ether oxygens (including phenoxy) is 1. The number of rotatable bonds is 14. The molecule has 0 aliphatic heterocycles. The summed E-state index contributed by atoms with van der Waals surface area (Å²) in [6, 6.07) is 12.0. The fourth-order valence-corrected chi connectivity index (χ4v) is 6.18. The van der Waals surface area contributed by atoms with Crippen molar-refractivity contribution in [1.29, 1.82) is 0 Å². The van der Waals surface area contributed by atoms with Crippen molar-refractivity contribution in [1.82, 2.24) is 10.2 Å². The van der Waals surface area contributed by atoms with Crippen molar-refractivity contribution < 1.29 is 32.1 Å². The van der Waals surface area contributed by atoms with Crippen LogP contribution in [0.2, 0.25) is 5.02 Å². The first kappa shape index (κ1) is 35.3. The maximum atomic E-state index is 14.2. The maximum absolute atomic E-state index is 14.2. The molecule has 3 aromatic carbocycles. The molecule has 1 atom stereocenters. The molecule has 1 N–H and O–H groups in total. The third-order valence-corrected chi connectivity index (χ3v) is 8.98. The van der Waals surface area contributed by atoms with E-state index in [1.165, 1.54) is 73.5 Å². The number of halogens is 2. The fourth-order valence-electron chi connectivity index (χ4n) is 4.57. The molecule has 242 valence electrons. The van der Waals surface area contributed by atoms with Crippen molar-refractivity contribution in [3.63, 3.8) is 0 Å².